The summed E-state index contributed by atoms with van der Waals surface area (Å²) in [6.45, 7) is 10.3. The zero-order chi connectivity index (χ0) is 14.0. The van der Waals surface area contributed by atoms with Crippen LogP contribution in [0.4, 0.5) is 0 Å². The molecule has 19 heavy (non-hydrogen) atoms. The van der Waals surface area contributed by atoms with Crippen LogP contribution in [0.5, 0.6) is 0 Å². The summed E-state index contributed by atoms with van der Waals surface area (Å²) in [6.07, 6.45) is 3.18. The summed E-state index contributed by atoms with van der Waals surface area (Å²) < 4.78 is 5.43. The van der Waals surface area contributed by atoms with Crippen molar-refractivity contribution in [2.75, 3.05) is 13.2 Å². The van der Waals surface area contributed by atoms with Crippen LogP contribution in [0.15, 0.2) is 0 Å². The standard InChI is InChI=1S/C15H28N2O2/c1-5-11(4)13-15(18)17(14(16-13)10(2)3)12-6-8-19-9-7-12/h10-14,16H,5-9H2,1-4H3. The molecule has 0 aromatic rings. The molecule has 3 atom stereocenters. The Morgan fingerprint density at radius 2 is 1.95 bits per heavy atom. The number of amides is 1. The van der Waals surface area contributed by atoms with Gasteiger partial charge in [-0.15, -0.1) is 0 Å². The normalized spacial score (nSPS) is 31.2. The van der Waals surface area contributed by atoms with Crippen molar-refractivity contribution >= 4 is 5.91 Å². The van der Waals surface area contributed by atoms with Crippen molar-refractivity contribution in [1.82, 2.24) is 10.2 Å². The monoisotopic (exact) mass is 268 g/mol. The van der Waals surface area contributed by atoms with Gasteiger partial charge < -0.3 is 9.64 Å². The maximum atomic E-state index is 12.7. The van der Waals surface area contributed by atoms with Gasteiger partial charge in [-0.1, -0.05) is 34.1 Å². The van der Waals surface area contributed by atoms with Crippen LogP contribution < -0.4 is 5.32 Å². The van der Waals surface area contributed by atoms with Crippen LogP contribution in [0.25, 0.3) is 0 Å². The number of carbonyl (C=O) groups excluding carboxylic acids is 1. The van der Waals surface area contributed by atoms with Gasteiger partial charge in [0.05, 0.1) is 12.2 Å². The van der Waals surface area contributed by atoms with Gasteiger partial charge >= 0.3 is 0 Å². The van der Waals surface area contributed by atoms with E-state index in [1.807, 2.05) is 0 Å². The van der Waals surface area contributed by atoms with E-state index in [4.69, 9.17) is 4.74 Å². The van der Waals surface area contributed by atoms with E-state index in [-0.39, 0.29) is 12.2 Å². The minimum Gasteiger partial charge on any atom is -0.381 e. The Morgan fingerprint density at radius 3 is 2.47 bits per heavy atom. The second-order valence-electron chi connectivity index (χ2n) is 6.31. The molecule has 0 aromatic carbocycles. The summed E-state index contributed by atoms with van der Waals surface area (Å²) >= 11 is 0. The van der Waals surface area contributed by atoms with Crippen molar-refractivity contribution in [2.24, 2.45) is 11.8 Å². The molecule has 0 bridgehead atoms. The van der Waals surface area contributed by atoms with Gasteiger partial charge in [0, 0.05) is 19.3 Å². The zero-order valence-corrected chi connectivity index (χ0v) is 12.7. The Hall–Kier alpha value is -0.610. The van der Waals surface area contributed by atoms with Gasteiger partial charge in [0.2, 0.25) is 5.91 Å². The molecule has 0 radical (unpaired) electrons. The fourth-order valence-corrected chi connectivity index (χ4v) is 3.16. The van der Waals surface area contributed by atoms with Crippen molar-refractivity contribution in [3.8, 4) is 0 Å². The highest BCUT2D eigenvalue weighted by molar-refractivity contribution is 5.85. The second-order valence-corrected chi connectivity index (χ2v) is 6.31. The van der Waals surface area contributed by atoms with Crippen LogP contribution in [-0.2, 0) is 9.53 Å². The first kappa shape index (κ1) is 14.8. The molecule has 3 unspecified atom stereocenters. The van der Waals surface area contributed by atoms with Crippen LogP contribution in [0.2, 0.25) is 0 Å². The molecule has 0 aromatic heterocycles. The fraction of sp³-hybridized carbons (Fsp3) is 0.933. The van der Waals surface area contributed by atoms with Crippen molar-refractivity contribution in [3.05, 3.63) is 0 Å². The number of carbonyl (C=O) groups is 1. The van der Waals surface area contributed by atoms with E-state index < -0.39 is 0 Å². The maximum absolute atomic E-state index is 12.7. The smallest absolute Gasteiger partial charge is 0.241 e. The summed E-state index contributed by atoms with van der Waals surface area (Å²) in [5.74, 6) is 1.15. The molecule has 1 N–H and O–H groups in total. The lowest BCUT2D eigenvalue weighted by atomic mass is 9.98. The van der Waals surface area contributed by atoms with E-state index in [1.54, 1.807) is 0 Å². The van der Waals surface area contributed by atoms with Crippen LogP contribution in [0.3, 0.4) is 0 Å². The van der Waals surface area contributed by atoms with Crippen LogP contribution in [-0.4, -0.2) is 42.3 Å². The zero-order valence-electron chi connectivity index (χ0n) is 12.7. The van der Waals surface area contributed by atoms with E-state index in [2.05, 4.69) is 37.9 Å². The number of ether oxygens (including phenoxy) is 1. The molecule has 4 heteroatoms. The van der Waals surface area contributed by atoms with Gasteiger partial charge in [0.1, 0.15) is 0 Å². The van der Waals surface area contributed by atoms with Crippen LogP contribution >= 0.6 is 0 Å². The Kier molecular flexibility index (Phi) is 4.85. The molecule has 1 amide bonds. The number of nitrogens with zero attached hydrogens (tertiary/aromatic N) is 1. The number of hydrogen-bond acceptors (Lipinski definition) is 3. The molecule has 4 nitrogen and oxygen atoms in total. The fourth-order valence-electron chi connectivity index (χ4n) is 3.16. The summed E-state index contributed by atoms with van der Waals surface area (Å²) in [7, 11) is 0. The molecule has 2 heterocycles. The third-order valence-corrected chi connectivity index (χ3v) is 4.60. The molecule has 2 fully saturated rings. The summed E-state index contributed by atoms with van der Waals surface area (Å²) in [5.41, 5.74) is 0. The Balaban J connectivity index is 2.15. The van der Waals surface area contributed by atoms with E-state index in [0.717, 1.165) is 32.5 Å². The maximum Gasteiger partial charge on any atom is 0.241 e. The average Bonchev–Trinajstić information content (AvgIpc) is 2.77. The molecule has 2 saturated heterocycles. The molecule has 110 valence electrons. The Morgan fingerprint density at radius 1 is 1.32 bits per heavy atom. The molecule has 2 rings (SSSR count). The van der Waals surface area contributed by atoms with Crippen LogP contribution in [0, 0.1) is 11.8 Å². The first-order valence-corrected chi connectivity index (χ1v) is 7.72. The first-order valence-electron chi connectivity index (χ1n) is 7.72. The minimum absolute atomic E-state index is 0.000227. The van der Waals surface area contributed by atoms with E-state index in [1.165, 1.54) is 0 Å². The first-order chi connectivity index (χ1) is 9.06. The second kappa shape index (κ2) is 6.23. The Bertz CT molecular complexity index is 313. The van der Waals surface area contributed by atoms with Gasteiger partial charge in [-0.2, -0.15) is 0 Å². The summed E-state index contributed by atoms with van der Waals surface area (Å²) in [4.78, 5) is 14.9. The third kappa shape index (κ3) is 2.95. The summed E-state index contributed by atoms with van der Waals surface area (Å²) in [5, 5.41) is 3.57. The van der Waals surface area contributed by atoms with E-state index >= 15 is 0 Å². The molecule has 0 saturated carbocycles. The lowest BCUT2D eigenvalue weighted by Gasteiger charge is -2.36. The molecule has 2 aliphatic rings. The topological polar surface area (TPSA) is 41.6 Å². The van der Waals surface area contributed by atoms with Gasteiger partial charge in [-0.25, -0.2) is 0 Å². The Labute approximate surface area is 116 Å². The van der Waals surface area contributed by atoms with Crippen molar-refractivity contribution < 1.29 is 9.53 Å². The predicted molar refractivity (Wildman–Crippen MR) is 75.7 cm³/mol. The number of rotatable bonds is 4. The molecular weight excluding hydrogens is 240 g/mol. The van der Waals surface area contributed by atoms with Crippen molar-refractivity contribution in [2.45, 2.75) is 65.2 Å². The van der Waals surface area contributed by atoms with Gasteiger partial charge in [-0.05, 0) is 24.7 Å². The van der Waals surface area contributed by atoms with Gasteiger partial charge in [-0.3, -0.25) is 10.1 Å². The van der Waals surface area contributed by atoms with E-state index in [0.29, 0.717) is 23.8 Å². The van der Waals surface area contributed by atoms with Crippen molar-refractivity contribution in [1.29, 1.82) is 0 Å². The predicted octanol–water partition coefficient (Wildman–Crippen LogP) is 1.99. The van der Waals surface area contributed by atoms with Crippen molar-refractivity contribution in [3.63, 3.8) is 0 Å². The molecule has 2 aliphatic heterocycles. The number of hydrogen-bond donors (Lipinski definition) is 1. The van der Waals surface area contributed by atoms with Gasteiger partial charge in [0.25, 0.3) is 0 Å². The van der Waals surface area contributed by atoms with Crippen LogP contribution in [0.1, 0.15) is 47.0 Å². The minimum atomic E-state index is 0.000227. The number of nitrogens with one attached hydrogen (secondary N) is 1. The quantitative estimate of drug-likeness (QED) is 0.848. The SMILES string of the molecule is CCC(C)C1NC(C(C)C)N(C2CCOCC2)C1=O. The average molecular weight is 268 g/mol. The molecule has 0 aliphatic carbocycles. The molecule has 0 spiro atoms. The highest BCUT2D eigenvalue weighted by Gasteiger charge is 2.45. The summed E-state index contributed by atoms with van der Waals surface area (Å²) in [6, 6.07) is 0.357. The van der Waals surface area contributed by atoms with Gasteiger partial charge in [0.15, 0.2) is 0 Å². The molecular formula is C15H28N2O2. The lowest BCUT2D eigenvalue weighted by molar-refractivity contribution is -0.135. The third-order valence-electron chi connectivity index (χ3n) is 4.60. The highest BCUT2D eigenvalue weighted by atomic mass is 16.5. The lowest BCUT2D eigenvalue weighted by Crippen LogP contribution is -2.49. The van der Waals surface area contributed by atoms with E-state index in [9.17, 15) is 4.79 Å². The largest absolute Gasteiger partial charge is 0.381 e. The highest BCUT2D eigenvalue weighted by Crippen LogP contribution is 2.28.